The van der Waals surface area contributed by atoms with Crippen LogP contribution in [-0.2, 0) is 0 Å². The van der Waals surface area contributed by atoms with Crippen LogP contribution < -0.4 is 5.73 Å². The van der Waals surface area contributed by atoms with Gasteiger partial charge in [0, 0.05) is 24.0 Å². The molecule has 0 saturated carbocycles. The Bertz CT molecular complexity index is 833. The second-order valence-electron chi connectivity index (χ2n) is 4.25. The van der Waals surface area contributed by atoms with E-state index >= 15 is 0 Å². The molecule has 0 aliphatic rings. The summed E-state index contributed by atoms with van der Waals surface area (Å²) < 4.78 is 1.81. The van der Waals surface area contributed by atoms with Crippen molar-refractivity contribution in [1.82, 2.24) is 24.9 Å². The zero-order chi connectivity index (χ0) is 15.5. The highest BCUT2D eigenvalue weighted by molar-refractivity contribution is 5.78. The molecule has 0 atom stereocenters. The van der Waals surface area contributed by atoms with Crippen molar-refractivity contribution in [1.29, 1.82) is 0 Å². The molecule has 0 radical (unpaired) electrons. The highest BCUT2D eigenvalue weighted by Gasteiger charge is 2.06. The Morgan fingerprint density at radius 3 is 2.68 bits per heavy atom. The van der Waals surface area contributed by atoms with Crippen LogP contribution >= 0.6 is 0 Å². The van der Waals surface area contributed by atoms with Crippen LogP contribution in [0.4, 0.5) is 11.6 Å². The lowest BCUT2D eigenvalue weighted by atomic mass is 10.3. The molecule has 0 unspecified atom stereocenters. The minimum atomic E-state index is -0.442. The van der Waals surface area contributed by atoms with E-state index in [1.165, 1.54) is 18.3 Å². The van der Waals surface area contributed by atoms with Crippen LogP contribution in [0.3, 0.4) is 0 Å². The van der Waals surface area contributed by atoms with Gasteiger partial charge < -0.3 is 10.3 Å². The predicted molar refractivity (Wildman–Crippen MR) is 77.6 cm³/mol. The van der Waals surface area contributed by atoms with Crippen molar-refractivity contribution in [2.75, 3.05) is 5.73 Å². The monoisotopic (exact) mass is 298 g/mol. The first kappa shape index (κ1) is 13.4. The Morgan fingerprint density at radius 1 is 1.27 bits per heavy atom. The van der Waals surface area contributed by atoms with Crippen molar-refractivity contribution in [3.8, 4) is 5.69 Å². The van der Waals surface area contributed by atoms with Gasteiger partial charge >= 0.3 is 0 Å². The third kappa shape index (κ3) is 2.52. The quantitative estimate of drug-likeness (QED) is 0.431. The number of aromatic nitrogens is 5. The van der Waals surface area contributed by atoms with E-state index in [0.717, 1.165) is 16.2 Å². The SMILES string of the molecule is Nc1nnnn1/N=C\c1cccn1-c1ccc([N+](=O)[O-])cc1. The van der Waals surface area contributed by atoms with E-state index in [9.17, 15) is 10.1 Å². The van der Waals surface area contributed by atoms with E-state index in [-0.39, 0.29) is 11.6 Å². The predicted octanol–water partition coefficient (Wildman–Crippen LogP) is 0.836. The summed E-state index contributed by atoms with van der Waals surface area (Å²) >= 11 is 0. The molecule has 2 N–H and O–H groups in total. The van der Waals surface area contributed by atoms with Crippen molar-refractivity contribution < 1.29 is 4.92 Å². The number of nitrogen functional groups attached to an aromatic ring is 1. The summed E-state index contributed by atoms with van der Waals surface area (Å²) in [4.78, 5) is 11.3. The van der Waals surface area contributed by atoms with Gasteiger partial charge in [0.1, 0.15) is 0 Å². The fourth-order valence-corrected chi connectivity index (χ4v) is 1.85. The highest BCUT2D eigenvalue weighted by Crippen LogP contribution is 2.16. The Kier molecular flexibility index (Phi) is 3.32. The molecule has 0 aliphatic heterocycles. The minimum absolute atomic E-state index is 0.0348. The van der Waals surface area contributed by atoms with E-state index in [0.29, 0.717) is 0 Å². The lowest BCUT2D eigenvalue weighted by molar-refractivity contribution is -0.384. The lowest BCUT2D eigenvalue weighted by Gasteiger charge is -2.05. The molecule has 0 fully saturated rings. The van der Waals surface area contributed by atoms with Gasteiger partial charge in [-0.25, -0.2) is 0 Å². The molecule has 3 rings (SSSR count). The standard InChI is InChI=1S/C12H10N8O2/c13-12-15-16-17-19(12)14-8-11-2-1-7-18(11)9-3-5-10(6-4-9)20(21)22/h1-8H,(H2,13,15,17)/b14-8-. The smallest absolute Gasteiger partial charge is 0.269 e. The lowest BCUT2D eigenvalue weighted by Crippen LogP contribution is -2.02. The number of benzene rings is 1. The first-order valence-corrected chi connectivity index (χ1v) is 6.15. The van der Waals surface area contributed by atoms with Gasteiger partial charge in [-0.2, -0.15) is 5.10 Å². The van der Waals surface area contributed by atoms with Gasteiger partial charge in [-0.3, -0.25) is 10.1 Å². The van der Waals surface area contributed by atoms with Crippen LogP contribution in [0.25, 0.3) is 5.69 Å². The largest absolute Gasteiger partial charge is 0.365 e. The number of hydrogen-bond acceptors (Lipinski definition) is 7. The van der Waals surface area contributed by atoms with Gasteiger partial charge in [0.05, 0.1) is 16.8 Å². The van der Waals surface area contributed by atoms with E-state index in [1.807, 2.05) is 22.9 Å². The molecule has 2 aromatic heterocycles. The van der Waals surface area contributed by atoms with Crippen LogP contribution in [0.5, 0.6) is 0 Å². The van der Waals surface area contributed by atoms with Crippen molar-refractivity contribution >= 4 is 17.9 Å². The minimum Gasteiger partial charge on any atom is -0.365 e. The maximum atomic E-state index is 10.7. The number of nitrogens with two attached hydrogens (primary N) is 1. The number of nitro benzene ring substituents is 1. The number of nitro groups is 1. The van der Waals surface area contributed by atoms with Crippen LogP contribution in [0.15, 0.2) is 47.7 Å². The van der Waals surface area contributed by atoms with Crippen LogP contribution in [0.1, 0.15) is 5.69 Å². The molecule has 0 spiro atoms. The molecule has 110 valence electrons. The Morgan fingerprint density at radius 2 is 2.05 bits per heavy atom. The first-order chi connectivity index (χ1) is 10.6. The van der Waals surface area contributed by atoms with Crippen molar-refractivity contribution in [2.45, 2.75) is 0 Å². The first-order valence-electron chi connectivity index (χ1n) is 6.15. The molecule has 10 nitrogen and oxygen atoms in total. The molecule has 0 amide bonds. The van der Waals surface area contributed by atoms with E-state index in [2.05, 4.69) is 20.6 Å². The molecular formula is C12H10N8O2. The summed E-state index contributed by atoms with van der Waals surface area (Å²) in [6.07, 6.45) is 3.35. The number of non-ortho nitro benzene ring substituents is 1. The normalized spacial score (nSPS) is 11.1. The molecule has 2 heterocycles. The van der Waals surface area contributed by atoms with Crippen molar-refractivity contribution in [3.05, 3.63) is 58.4 Å². The van der Waals surface area contributed by atoms with Crippen LogP contribution in [0, 0.1) is 10.1 Å². The zero-order valence-corrected chi connectivity index (χ0v) is 11.1. The summed E-state index contributed by atoms with van der Waals surface area (Å²) in [6.45, 7) is 0. The van der Waals surface area contributed by atoms with Gasteiger partial charge in [-0.1, -0.05) is 9.89 Å². The van der Waals surface area contributed by atoms with Crippen LogP contribution in [0.2, 0.25) is 0 Å². The zero-order valence-electron chi connectivity index (χ0n) is 11.1. The van der Waals surface area contributed by atoms with Gasteiger partial charge in [0.15, 0.2) is 0 Å². The van der Waals surface area contributed by atoms with Crippen LogP contribution in [-0.4, -0.2) is 36.0 Å². The highest BCUT2D eigenvalue weighted by atomic mass is 16.6. The van der Waals surface area contributed by atoms with Gasteiger partial charge in [0.25, 0.3) is 11.6 Å². The molecule has 1 aromatic carbocycles. The number of hydrogen-bond donors (Lipinski definition) is 1. The summed E-state index contributed by atoms with van der Waals surface area (Å²) in [5, 5.41) is 25.2. The summed E-state index contributed by atoms with van der Waals surface area (Å²) in [6, 6.07) is 9.84. The summed E-state index contributed by atoms with van der Waals surface area (Å²) in [5.74, 6) is 0.0738. The second-order valence-corrected chi connectivity index (χ2v) is 4.25. The number of rotatable bonds is 4. The second kappa shape index (κ2) is 5.44. The van der Waals surface area contributed by atoms with Gasteiger partial charge in [-0.15, -0.1) is 0 Å². The van der Waals surface area contributed by atoms with Crippen molar-refractivity contribution in [2.24, 2.45) is 5.10 Å². The van der Waals surface area contributed by atoms with E-state index < -0.39 is 4.92 Å². The third-order valence-corrected chi connectivity index (χ3v) is 2.90. The van der Waals surface area contributed by atoms with E-state index in [4.69, 9.17) is 5.73 Å². The molecule has 10 heteroatoms. The molecular weight excluding hydrogens is 288 g/mol. The molecule has 0 saturated heterocycles. The van der Waals surface area contributed by atoms with Gasteiger partial charge in [0.2, 0.25) is 0 Å². The van der Waals surface area contributed by atoms with Crippen molar-refractivity contribution in [3.63, 3.8) is 0 Å². The Hall–Kier alpha value is -3.56. The topological polar surface area (TPSA) is 130 Å². The molecule has 0 aliphatic carbocycles. The number of tetrazole rings is 1. The van der Waals surface area contributed by atoms with E-state index in [1.54, 1.807) is 12.1 Å². The maximum absolute atomic E-state index is 10.7. The molecule has 22 heavy (non-hydrogen) atoms. The Balaban J connectivity index is 1.90. The average molecular weight is 298 g/mol. The Labute approximate surface area is 123 Å². The number of anilines is 1. The third-order valence-electron chi connectivity index (χ3n) is 2.90. The summed E-state index contributed by atoms with van der Waals surface area (Å²) in [5.41, 5.74) is 7.06. The fraction of sp³-hybridized carbons (Fsp3) is 0. The fourth-order valence-electron chi connectivity index (χ4n) is 1.85. The number of nitrogens with zero attached hydrogens (tertiary/aromatic N) is 7. The maximum Gasteiger partial charge on any atom is 0.269 e. The molecule has 3 aromatic rings. The summed E-state index contributed by atoms with van der Waals surface area (Å²) in [7, 11) is 0. The average Bonchev–Trinajstić information content (AvgIpc) is 3.14. The van der Waals surface area contributed by atoms with Gasteiger partial charge in [-0.05, 0) is 34.7 Å². The molecule has 0 bridgehead atoms.